The van der Waals surface area contributed by atoms with Crippen molar-refractivity contribution in [3.63, 3.8) is 0 Å². The summed E-state index contributed by atoms with van der Waals surface area (Å²) in [6.45, 7) is 5.37. The van der Waals surface area contributed by atoms with Crippen LogP contribution in [0.25, 0.3) is 0 Å². The molecule has 1 fully saturated rings. The lowest BCUT2D eigenvalue weighted by atomic mass is 9.84. The second kappa shape index (κ2) is 5.62. The van der Waals surface area contributed by atoms with Gasteiger partial charge in [0.25, 0.3) is 0 Å². The van der Waals surface area contributed by atoms with Crippen LogP contribution in [0.4, 0.5) is 5.69 Å². The molecule has 0 radical (unpaired) electrons. The summed E-state index contributed by atoms with van der Waals surface area (Å²) in [6.07, 6.45) is 3.27. The lowest BCUT2D eigenvalue weighted by Gasteiger charge is -2.48. The number of nitrogens with two attached hydrogens (primary N) is 1. The van der Waals surface area contributed by atoms with Gasteiger partial charge in [0, 0.05) is 19.7 Å². The highest BCUT2D eigenvalue weighted by Gasteiger charge is 2.41. The zero-order valence-electron chi connectivity index (χ0n) is 12.2. The normalized spacial score (nSPS) is 30.3. The summed E-state index contributed by atoms with van der Waals surface area (Å²) < 4.78 is 11.6. The Hall–Kier alpha value is -1.26. The standard InChI is InChI=1S/C16H24N2O2/c1-13-11-16(12-17,7-10-19-13)18-8-4-9-20-15-6-3-2-5-14(15)18/h2-3,5-6,13H,4,7-12,17H2,1H3. The minimum Gasteiger partial charge on any atom is -0.491 e. The zero-order chi connectivity index (χ0) is 14.0. The lowest BCUT2D eigenvalue weighted by Crippen LogP contribution is -2.58. The molecule has 110 valence electrons. The number of ether oxygens (including phenoxy) is 2. The molecule has 0 spiro atoms. The van der Waals surface area contributed by atoms with Crippen LogP contribution in [0, 0.1) is 0 Å². The molecule has 3 rings (SSSR count). The Morgan fingerprint density at radius 3 is 3.00 bits per heavy atom. The van der Waals surface area contributed by atoms with E-state index in [0.717, 1.165) is 44.8 Å². The van der Waals surface area contributed by atoms with Gasteiger partial charge in [-0.25, -0.2) is 0 Å². The Labute approximate surface area is 120 Å². The van der Waals surface area contributed by atoms with Gasteiger partial charge in [0.15, 0.2) is 0 Å². The maximum atomic E-state index is 6.20. The molecule has 1 aromatic rings. The van der Waals surface area contributed by atoms with Gasteiger partial charge in [0.1, 0.15) is 5.75 Å². The Kier molecular flexibility index (Phi) is 3.85. The predicted molar refractivity (Wildman–Crippen MR) is 80.3 cm³/mol. The highest BCUT2D eigenvalue weighted by atomic mass is 16.5. The van der Waals surface area contributed by atoms with Gasteiger partial charge in [-0.05, 0) is 38.3 Å². The maximum absolute atomic E-state index is 6.20. The van der Waals surface area contributed by atoms with E-state index in [4.69, 9.17) is 15.2 Å². The van der Waals surface area contributed by atoms with E-state index >= 15 is 0 Å². The fourth-order valence-electron chi connectivity index (χ4n) is 3.51. The first-order valence-electron chi connectivity index (χ1n) is 7.56. The minimum absolute atomic E-state index is 0.00146. The molecular formula is C16H24N2O2. The van der Waals surface area contributed by atoms with Gasteiger partial charge in [-0.15, -0.1) is 0 Å². The van der Waals surface area contributed by atoms with Gasteiger partial charge in [0.2, 0.25) is 0 Å². The summed E-state index contributed by atoms with van der Waals surface area (Å²) in [5, 5.41) is 0. The molecule has 2 heterocycles. The summed E-state index contributed by atoms with van der Waals surface area (Å²) in [6, 6.07) is 8.32. The largest absolute Gasteiger partial charge is 0.491 e. The second-order valence-electron chi connectivity index (χ2n) is 5.89. The van der Waals surface area contributed by atoms with Crippen molar-refractivity contribution in [2.75, 3.05) is 31.2 Å². The second-order valence-corrected chi connectivity index (χ2v) is 5.89. The molecule has 4 heteroatoms. The Morgan fingerprint density at radius 1 is 1.35 bits per heavy atom. The minimum atomic E-state index is 0.00146. The molecule has 2 atom stereocenters. The number of fused-ring (bicyclic) bond motifs is 1. The summed E-state index contributed by atoms with van der Waals surface area (Å²) in [5.74, 6) is 0.983. The molecular weight excluding hydrogens is 252 g/mol. The first-order valence-corrected chi connectivity index (χ1v) is 7.56. The van der Waals surface area contributed by atoms with E-state index in [0.29, 0.717) is 6.54 Å². The quantitative estimate of drug-likeness (QED) is 0.899. The summed E-state index contributed by atoms with van der Waals surface area (Å²) in [7, 11) is 0. The Morgan fingerprint density at radius 2 is 2.20 bits per heavy atom. The van der Waals surface area contributed by atoms with Gasteiger partial charge in [-0.2, -0.15) is 0 Å². The summed E-state index contributed by atoms with van der Waals surface area (Å²) in [4.78, 5) is 2.48. The molecule has 2 aliphatic heterocycles. The zero-order valence-corrected chi connectivity index (χ0v) is 12.2. The van der Waals surface area contributed by atoms with Crippen LogP contribution >= 0.6 is 0 Å². The lowest BCUT2D eigenvalue weighted by molar-refractivity contribution is -0.00756. The van der Waals surface area contributed by atoms with Crippen LogP contribution in [0.15, 0.2) is 24.3 Å². The van der Waals surface area contributed by atoms with E-state index in [9.17, 15) is 0 Å². The van der Waals surface area contributed by atoms with E-state index in [1.807, 2.05) is 6.07 Å². The molecule has 0 amide bonds. The topological polar surface area (TPSA) is 47.7 Å². The molecule has 0 bridgehead atoms. The molecule has 20 heavy (non-hydrogen) atoms. The van der Waals surface area contributed by atoms with E-state index in [2.05, 4.69) is 30.0 Å². The van der Waals surface area contributed by atoms with Crippen LogP contribution in [0.5, 0.6) is 5.75 Å². The van der Waals surface area contributed by atoms with Crippen molar-refractivity contribution >= 4 is 5.69 Å². The Bertz CT molecular complexity index is 466. The van der Waals surface area contributed by atoms with Crippen molar-refractivity contribution in [2.45, 2.75) is 37.8 Å². The number of hydrogen-bond donors (Lipinski definition) is 1. The van der Waals surface area contributed by atoms with Crippen LogP contribution in [0.2, 0.25) is 0 Å². The van der Waals surface area contributed by atoms with Crippen molar-refractivity contribution in [1.29, 1.82) is 0 Å². The van der Waals surface area contributed by atoms with E-state index < -0.39 is 0 Å². The first kappa shape index (κ1) is 13.7. The van der Waals surface area contributed by atoms with Crippen molar-refractivity contribution in [1.82, 2.24) is 0 Å². The van der Waals surface area contributed by atoms with Crippen LogP contribution in [-0.4, -0.2) is 37.9 Å². The summed E-state index contributed by atoms with van der Waals surface area (Å²) >= 11 is 0. The third-order valence-electron chi connectivity index (χ3n) is 4.53. The van der Waals surface area contributed by atoms with Crippen molar-refractivity contribution in [3.05, 3.63) is 24.3 Å². The average Bonchev–Trinajstić information content (AvgIpc) is 2.70. The SMILES string of the molecule is CC1CC(CN)(N2CCCOc3ccccc32)CCO1. The number of rotatable bonds is 2. The van der Waals surface area contributed by atoms with Gasteiger partial charge in [-0.3, -0.25) is 0 Å². The van der Waals surface area contributed by atoms with E-state index in [1.165, 1.54) is 5.69 Å². The van der Waals surface area contributed by atoms with Crippen LogP contribution in [0.3, 0.4) is 0 Å². The molecule has 1 aromatic carbocycles. The molecule has 4 nitrogen and oxygen atoms in total. The Balaban J connectivity index is 1.98. The number of hydrogen-bond acceptors (Lipinski definition) is 4. The molecule has 2 aliphatic rings. The van der Waals surface area contributed by atoms with Gasteiger partial charge in [-0.1, -0.05) is 12.1 Å². The molecule has 0 saturated carbocycles. The van der Waals surface area contributed by atoms with Gasteiger partial charge in [0.05, 0.1) is 23.9 Å². The molecule has 1 saturated heterocycles. The third kappa shape index (κ3) is 2.38. The van der Waals surface area contributed by atoms with E-state index in [-0.39, 0.29) is 11.6 Å². The smallest absolute Gasteiger partial charge is 0.142 e. The van der Waals surface area contributed by atoms with Gasteiger partial charge < -0.3 is 20.1 Å². The average molecular weight is 276 g/mol. The van der Waals surface area contributed by atoms with Crippen molar-refractivity contribution in [3.8, 4) is 5.75 Å². The summed E-state index contributed by atoms with van der Waals surface area (Å²) in [5.41, 5.74) is 7.39. The van der Waals surface area contributed by atoms with Crippen molar-refractivity contribution in [2.24, 2.45) is 5.73 Å². The molecule has 0 aliphatic carbocycles. The highest BCUT2D eigenvalue weighted by molar-refractivity contribution is 5.61. The number of anilines is 1. The fourth-order valence-corrected chi connectivity index (χ4v) is 3.51. The maximum Gasteiger partial charge on any atom is 0.142 e. The van der Waals surface area contributed by atoms with Crippen molar-refractivity contribution < 1.29 is 9.47 Å². The first-order chi connectivity index (χ1) is 9.75. The van der Waals surface area contributed by atoms with Gasteiger partial charge >= 0.3 is 0 Å². The number of nitrogens with zero attached hydrogens (tertiary/aromatic N) is 1. The molecule has 0 aromatic heterocycles. The molecule has 2 N–H and O–H groups in total. The fraction of sp³-hybridized carbons (Fsp3) is 0.625. The third-order valence-corrected chi connectivity index (χ3v) is 4.53. The predicted octanol–water partition coefficient (Wildman–Crippen LogP) is 2.17. The van der Waals surface area contributed by atoms with Crippen LogP contribution < -0.4 is 15.4 Å². The number of para-hydroxylation sites is 2. The van der Waals surface area contributed by atoms with E-state index in [1.54, 1.807) is 0 Å². The monoisotopic (exact) mass is 276 g/mol. The van der Waals surface area contributed by atoms with Crippen LogP contribution in [0.1, 0.15) is 26.2 Å². The molecule has 2 unspecified atom stereocenters. The highest BCUT2D eigenvalue weighted by Crippen LogP contribution is 2.39. The number of benzene rings is 1. The van der Waals surface area contributed by atoms with Crippen LogP contribution in [-0.2, 0) is 4.74 Å².